The highest BCUT2D eigenvalue weighted by atomic mass is 32.2. The van der Waals surface area contributed by atoms with Gasteiger partial charge in [0, 0.05) is 11.8 Å². The van der Waals surface area contributed by atoms with E-state index in [-0.39, 0.29) is 17.5 Å². The Morgan fingerprint density at radius 2 is 1.92 bits per heavy atom. The van der Waals surface area contributed by atoms with Crippen LogP contribution in [0.4, 0.5) is 9.52 Å². The van der Waals surface area contributed by atoms with Gasteiger partial charge in [-0.15, -0.1) is 0 Å². The Morgan fingerprint density at radius 1 is 1.21 bits per heavy atom. The molecule has 8 heteroatoms. The van der Waals surface area contributed by atoms with Crippen molar-refractivity contribution >= 4 is 42.4 Å². The highest BCUT2D eigenvalue weighted by Gasteiger charge is 2.11. The van der Waals surface area contributed by atoms with Crippen LogP contribution in [0.1, 0.15) is 15.9 Å². The number of anilines is 1. The molecule has 0 saturated carbocycles. The number of nitrogens with one attached hydrogen (secondary N) is 1. The number of nitrogens with zero attached hydrogens (tertiary/aromatic N) is 1. The molecular formula is C16H13FN2O3S2. The van der Waals surface area contributed by atoms with Crippen molar-refractivity contribution in [3.8, 4) is 0 Å². The lowest BCUT2D eigenvalue weighted by Gasteiger charge is -2.03. The minimum Gasteiger partial charge on any atom is -0.298 e. The summed E-state index contributed by atoms with van der Waals surface area (Å²) < 4.78 is 36.3. The van der Waals surface area contributed by atoms with Crippen molar-refractivity contribution < 1.29 is 17.6 Å². The number of benzene rings is 2. The van der Waals surface area contributed by atoms with Crippen LogP contribution in [0.3, 0.4) is 0 Å². The first kappa shape index (κ1) is 16.5. The Labute approximate surface area is 142 Å². The van der Waals surface area contributed by atoms with E-state index in [1.165, 1.54) is 23.5 Å². The van der Waals surface area contributed by atoms with E-state index in [4.69, 9.17) is 0 Å². The highest BCUT2D eigenvalue weighted by molar-refractivity contribution is 7.89. The van der Waals surface area contributed by atoms with Crippen molar-refractivity contribution in [1.29, 1.82) is 0 Å². The van der Waals surface area contributed by atoms with Gasteiger partial charge >= 0.3 is 0 Å². The van der Waals surface area contributed by atoms with Crippen LogP contribution in [0.15, 0.2) is 42.5 Å². The lowest BCUT2D eigenvalue weighted by molar-refractivity contribution is 0.102. The number of halogens is 1. The molecule has 124 valence electrons. The lowest BCUT2D eigenvalue weighted by Crippen LogP contribution is -2.11. The molecule has 1 aromatic heterocycles. The summed E-state index contributed by atoms with van der Waals surface area (Å²) in [6.45, 7) is 0. The average Bonchev–Trinajstić information content (AvgIpc) is 2.87. The SMILES string of the molecule is CS(=O)(=O)Cc1ccc(C(=O)Nc2nc3ccc(F)cc3s2)cc1. The van der Waals surface area contributed by atoms with Crippen LogP contribution in [-0.4, -0.2) is 25.6 Å². The molecule has 5 nitrogen and oxygen atoms in total. The van der Waals surface area contributed by atoms with Gasteiger partial charge in [-0.25, -0.2) is 17.8 Å². The van der Waals surface area contributed by atoms with Crippen molar-refractivity contribution in [3.63, 3.8) is 0 Å². The van der Waals surface area contributed by atoms with Gasteiger partial charge in [-0.2, -0.15) is 0 Å². The standard InChI is InChI=1S/C16H13FN2O3S2/c1-24(21,22)9-10-2-4-11(5-3-10)15(20)19-16-18-13-7-6-12(17)8-14(13)23-16/h2-8H,9H2,1H3,(H,18,19,20). The number of fused-ring (bicyclic) bond motifs is 1. The van der Waals surface area contributed by atoms with Gasteiger partial charge in [0.15, 0.2) is 15.0 Å². The summed E-state index contributed by atoms with van der Waals surface area (Å²) in [5.41, 5.74) is 1.61. The third-order valence-corrected chi connectivity index (χ3v) is 5.01. The third kappa shape index (κ3) is 3.95. The normalized spacial score (nSPS) is 11.6. The molecule has 24 heavy (non-hydrogen) atoms. The smallest absolute Gasteiger partial charge is 0.257 e. The maximum Gasteiger partial charge on any atom is 0.257 e. The molecule has 0 radical (unpaired) electrons. The maximum absolute atomic E-state index is 13.2. The highest BCUT2D eigenvalue weighted by Crippen LogP contribution is 2.26. The third-order valence-electron chi connectivity index (χ3n) is 3.22. The number of carbonyl (C=O) groups excluding carboxylic acids is 1. The number of sulfone groups is 1. The Kier molecular flexibility index (Phi) is 4.33. The second-order valence-corrected chi connectivity index (χ2v) is 8.52. The van der Waals surface area contributed by atoms with Crippen molar-refractivity contribution in [2.45, 2.75) is 5.75 Å². The zero-order valence-electron chi connectivity index (χ0n) is 12.6. The molecule has 0 spiro atoms. The first-order valence-electron chi connectivity index (χ1n) is 6.94. The largest absolute Gasteiger partial charge is 0.298 e. The van der Waals surface area contributed by atoms with E-state index in [1.807, 2.05) is 0 Å². The zero-order valence-corrected chi connectivity index (χ0v) is 14.2. The van der Waals surface area contributed by atoms with E-state index in [0.717, 1.165) is 6.26 Å². The van der Waals surface area contributed by atoms with Gasteiger partial charge in [-0.1, -0.05) is 23.5 Å². The zero-order chi connectivity index (χ0) is 17.3. The van der Waals surface area contributed by atoms with Gasteiger partial charge in [-0.3, -0.25) is 10.1 Å². The topological polar surface area (TPSA) is 76.1 Å². The molecule has 0 bridgehead atoms. The van der Waals surface area contributed by atoms with Crippen LogP contribution in [0.2, 0.25) is 0 Å². The number of aromatic nitrogens is 1. The fourth-order valence-corrected chi connectivity index (χ4v) is 3.86. The van der Waals surface area contributed by atoms with Crippen LogP contribution >= 0.6 is 11.3 Å². The molecule has 3 aromatic rings. The quantitative estimate of drug-likeness (QED) is 0.771. The molecule has 0 unspecified atom stereocenters. The molecule has 0 atom stereocenters. The average molecular weight is 364 g/mol. The molecule has 1 N–H and O–H groups in total. The summed E-state index contributed by atoms with van der Waals surface area (Å²) in [5, 5.41) is 3.04. The molecule has 3 rings (SSSR count). The Bertz CT molecular complexity index is 1010. The Morgan fingerprint density at radius 3 is 2.58 bits per heavy atom. The fraction of sp³-hybridized carbons (Fsp3) is 0.125. The molecule has 0 fully saturated rings. The molecular weight excluding hydrogens is 351 g/mol. The first-order chi connectivity index (χ1) is 11.3. The molecule has 0 aliphatic rings. The van der Waals surface area contributed by atoms with Gasteiger partial charge in [0.1, 0.15) is 5.82 Å². The van der Waals surface area contributed by atoms with Crippen molar-refractivity contribution in [1.82, 2.24) is 4.98 Å². The Hall–Kier alpha value is -2.32. The summed E-state index contributed by atoms with van der Waals surface area (Å²) in [6, 6.07) is 10.5. The second-order valence-electron chi connectivity index (χ2n) is 5.35. The van der Waals surface area contributed by atoms with Crippen molar-refractivity contribution in [2.24, 2.45) is 0 Å². The summed E-state index contributed by atoms with van der Waals surface area (Å²) in [7, 11) is -3.12. The minimum atomic E-state index is -3.12. The van der Waals surface area contributed by atoms with Crippen LogP contribution in [-0.2, 0) is 15.6 Å². The molecule has 2 aromatic carbocycles. The van der Waals surface area contributed by atoms with Gasteiger partial charge in [0.25, 0.3) is 5.91 Å². The van der Waals surface area contributed by atoms with Gasteiger partial charge in [-0.05, 0) is 35.9 Å². The van der Waals surface area contributed by atoms with Gasteiger partial charge < -0.3 is 0 Å². The maximum atomic E-state index is 13.2. The number of carbonyl (C=O) groups is 1. The van der Waals surface area contributed by atoms with E-state index in [1.54, 1.807) is 30.3 Å². The van der Waals surface area contributed by atoms with Crippen molar-refractivity contribution in [3.05, 3.63) is 59.4 Å². The number of amides is 1. The van der Waals surface area contributed by atoms with E-state index >= 15 is 0 Å². The van der Waals surface area contributed by atoms with Crippen LogP contribution in [0.5, 0.6) is 0 Å². The first-order valence-corrected chi connectivity index (χ1v) is 9.82. The monoisotopic (exact) mass is 364 g/mol. The van der Waals surface area contributed by atoms with Gasteiger partial charge in [0.2, 0.25) is 0 Å². The molecule has 1 heterocycles. The van der Waals surface area contributed by atoms with Crippen LogP contribution < -0.4 is 5.32 Å². The summed E-state index contributed by atoms with van der Waals surface area (Å²) in [6.07, 6.45) is 1.16. The van der Waals surface area contributed by atoms with Crippen LogP contribution in [0.25, 0.3) is 10.2 Å². The van der Waals surface area contributed by atoms with Crippen molar-refractivity contribution in [2.75, 3.05) is 11.6 Å². The minimum absolute atomic E-state index is 0.0711. The summed E-state index contributed by atoms with van der Waals surface area (Å²) in [5.74, 6) is -0.788. The summed E-state index contributed by atoms with van der Waals surface area (Å²) >= 11 is 1.18. The van der Waals surface area contributed by atoms with Gasteiger partial charge in [0.05, 0.1) is 16.0 Å². The van der Waals surface area contributed by atoms with E-state index < -0.39 is 9.84 Å². The van der Waals surface area contributed by atoms with E-state index in [0.29, 0.717) is 26.5 Å². The lowest BCUT2D eigenvalue weighted by atomic mass is 10.1. The number of thiazole rings is 1. The number of rotatable bonds is 4. The predicted octanol–water partition coefficient (Wildman–Crippen LogP) is 3.23. The van der Waals surface area contributed by atoms with E-state index in [9.17, 15) is 17.6 Å². The second kappa shape index (κ2) is 6.29. The summed E-state index contributed by atoms with van der Waals surface area (Å²) in [4.78, 5) is 16.4. The molecule has 0 aliphatic heterocycles. The molecule has 1 amide bonds. The molecule has 0 saturated heterocycles. The fourth-order valence-electron chi connectivity index (χ4n) is 2.18. The number of hydrogen-bond acceptors (Lipinski definition) is 5. The predicted molar refractivity (Wildman–Crippen MR) is 92.5 cm³/mol. The van der Waals surface area contributed by atoms with E-state index in [2.05, 4.69) is 10.3 Å². The Balaban J connectivity index is 1.76. The van der Waals surface area contributed by atoms with Crippen LogP contribution in [0, 0.1) is 5.82 Å². The molecule has 0 aliphatic carbocycles. The number of hydrogen-bond donors (Lipinski definition) is 1.